The maximum atomic E-state index is 15.3. The molecule has 2 aliphatic rings. The SMILES string of the molecule is COc1cc2ncnc3c2c(c1OC1CCN(C(=O)OC(C)(C)C)CC1)C=C(C)N3c1ccc(Cl)c(Cl)c1F. The zero-order chi connectivity index (χ0) is 28.1. The van der Waals surface area contributed by atoms with Gasteiger partial charge in [-0.1, -0.05) is 23.2 Å². The number of methoxy groups -OCH3 is 1. The van der Waals surface area contributed by atoms with E-state index in [0.29, 0.717) is 59.8 Å². The topological polar surface area (TPSA) is 77.0 Å². The van der Waals surface area contributed by atoms with Crippen LogP contribution < -0.4 is 14.4 Å². The third-order valence-electron chi connectivity index (χ3n) is 6.63. The second-order valence-corrected chi connectivity index (χ2v) is 11.3. The van der Waals surface area contributed by atoms with Crippen molar-refractivity contribution in [2.45, 2.75) is 52.2 Å². The Morgan fingerprint density at radius 1 is 1.15 bits per heavy atom. The van der Waals surface area contributed by atoms with Gasteiger partial charge in [-0.05, 0) is 45.9 Å². The van der Waals surface area contributed by atoms with Crippen LogP contribution in [0.15, 0.2) is 30.2 Å². The highest BCUT2D eigenvalue weighted by atomic mass is 35.5. The van der Waals surface area contributed by atoms with E-state index in [0.717, 1.165) is 5.56 Å². The lowest BCUT2D eigenvalue weighted by atomic mass is 10.00. The fourth-order valence-electron chi connectivity index (χ4n) is 4.86. The third-order valence-corrected chi connectivity index (χ3v) is 7.41. The standard InChI is InChI=1S/C28H29Cl2FN4O4/c1-15-12-17-22-19(32-14-33-26(22)35(15)20-7-6-18(29)23(30)24(20)31)13-21(37-5)25(17)38-16-8-10-34(11-9-16)27(36)39-28(2,3)4/h6-7,12-14,16H,8-11H2,1-5H3. The molecular formula is C28H29Cl2FN4O4. The van der Waals surface area contributed by atoms with Crippen LogP contribution in [0.3, 0.4) is 0 Å². The Morgan fingerprint density at radius 3 is 2.54 bits per heavy atom. The fraction of sp³-hybridized carbons (Fsp3) is 0.393. The lowest BCUT2D eigenvalue weighted by Gasteiger charge is -2.35. The van der Waals surface area contributed by atoms with E-state index in [1.807, 2.05) is 33.8 Å². The smallest absolute Gasteiger partial charge is 0.410 e. The molecule has 8 nitrogen and oxygen atoms in total. The van der Waals surface area contributed by atoms with Gasteiger partial charge in [0, 0.05) is 43.3 Å². The van der Waals surface area contributed by atoms with Crippen molar-refractivity contribution >= 4 is 57.8 Å². The van der Waals surface area contributed by atoms with Gasteiger partial charge in [-0.25, -0.2) is 19.2 Å². The van der Waals surface area contributed by atoms with Crippen molar-refractivity contribution in [1.82, 2.24) is 14.9 Å². The zero-order valence-electron chi connectivity index (χ0n) is 22.3. The summed E-state index contributed by atoms with van der Waals surface area (Å²) in [4.78, 5) is 24.8. The number of carbonyl (C=O) groups is 1. The van der Waals surface area contributed by atoms with E-state index in [2.05, 4.69) is 9.97 Å². The van der Waals surface area contributed by atoms with Gasteiger partial charge in [0.15, 0.2) is 17.3 Å². The largest absolute Gasteiger partial charge is 0.493 e. The Labute approximate surface area is 236 Å². The molecule has 1 fully saturated rings. The van der Waals surface area contributed by atoms with Gasteiger partial charge in [-0.15, -0.1) is 0 Å². The minimum Gasteiger partial charge on any atom is -0.493 e. The van der Waals surface area contributed by atoms with E-state index in [9.17, 15) is 4.79 Å². The first-order chi connectivity index (χ1) is 18.5. The first kappa shape index (κ1) is 27.3. The monoisotopic (exact) mass is 574 g/mol. The van der Waals surface area contributed by atoms with Crippen LogP contribution in [0.1, 0.15) is 46.1 Å². The molecule has 11 heteroatoms. The number of hydrogen-bond acceptors (Lipinski definition) is 7. The maximum absolute atomic E-state index is 15.3. The lowest BCUT2D eigenvalue weighted by molar-refractivity contribution is 0.0124. The first-order valence-electron chi connectivity index (χ1n) is 12.6. The molecular weight excluding hydrogens is 546 g/mol. The number of likely N-dealkylation sites (tertiary alicyclic amines) is 1. The minimum atomic E-state index is -0.645. The van der Waals surface area contributed by atoms with Crippen LogP contribution in [0.25, 0.3) is 17.0 Å². The van der Waals surface area contributed by atoms with Crippen LogP contribution in [-0.4, -0.2) is 52.9 Å². The Balaban J connectivity index is 1.50. The molecule has 39 heavy (non-hydrogen) atoms. The van der Waals surface area contributed by atoms with Crippen molar-refractivity contribution in [3.05, 3.63) is 51.6 Å². The van der Waals surface area contributed by atoms with Crippen molar-refractivity contribution in [3.63, 3.8) is 0 Å². The molecule has 0 bridgehead atoms. The predicted octanol–water partition coefficient (Wildman–Crippen LogP) is 7.38. The summed E-state index contributed by atoms with van der Waals surface area (Å²) >= 11 is 12.2. The van der Waals surface area contributed by atoms with Crippen LogP contribution in [0.4, 0.5) is 20.7 Å². The van der Waals surface area contributed by atoms with Gasteiger partial charge in [0.05, 0.1) is 33.7 Å². The number of hydrogen-bond donors (Lipinski definition) is 0. The number of nitrogens with zero attached hydrogens (tertiary/aromatic N) is 4. The van der Waals surface area contributed by atoms with Gasteiger partial charge in [-0.3, -0.25) is 4.90 Å². The molecule has 3 aromatic rings. The minimum absolute atomic E-state index is 0.128. The number of allylic oxidation sites excluding steroid dienone is 1. The van der Waals surface area contributed by atoms with Crippen LogP contribution in [0.2, 0.25) is 10.0 Å². The summed E-state index contributed by atoms with van der Waals surface area (Å²) < 4.78 is 33.0. The Kier molecular flexibility index (Phi) is 7.24. The average molecular weight is 575 g/mol. The number of piperidine rings is 1. The first-order valence-corrected chi connectivity index (χ1v) is 13.4. The molecule has 2 aliphatic heterocycles. The zero-order valence-corrected chi connectivity index (χ0v) is 23.9. The quantitative estimate of drug-likeness (QED) is 0.301. The molecule has 1 saturated heterocycles. The second kappa shape index (κ2) is 10.4. The highest BCUT2D eigenvalue weighted by molar-refractivity contribution is 6.42. The summed E-state index contributed by atoms with van der Waals surface area (Å²) in [6.45, 7) is 8.42. The van der Waals surface area contributed by atoms with Gasteiger partial charge >= 0.3 is 6.09 Å². The number of aromatic nitrogens is 2. The molecule has 0 atom stereocenters. The number of rotatable bonds is 4. The number of anilines is 2. The predicted molar refractivity (Wildman–Crippen MR) is 150 cm³/mol. The molecule has 3 heterocycles. The van der Waals surface area contributed by atoms with Crippen molar-refractivity contribution in [2.75, 3.05) is 25.1 Å². The van der Waals surface area contributed by atoms with E-state index < -0.39 is 11.4 Å². The summed E-state index contributed by atoms with van der Waals surface area (Å²) in [5, 5.41) is 0.660. The number of halogens is 3. The van der Waals surface area contributed by atoms with Crippen LogP contribution in [0, 0.1) is 5.82 Å². The number of ether oxygens (including phenoxy) is 3. The van der Waals surface area contributed by atoms with E-state index in [1.165, 1.54) is 6.33 Å². The van der Waals surface area contributed by atoms with E-state index in [4.69, 9.17) is 37.4 Å². The summed E-state index contributed by atoms with van der Waals surface area (Å²) in [6.07, 6.45) is 4.10. The van der Waals surface area contributed by atoms with Gasteiger partial charge in [0.2, 0.25) is 0 Å². The fourth-order valence-corrected chi connectivity index (χ4v) is 5.16. The Morgan fingerprint density at radius 2 is 1.87 bits per heavy atom. The second-order valence-electron chi connectivity index (χ2n) is 10.5. The third kappa shape index (κ3) is 5.17. The van der Waals surface area contributed by atoms with Crippen molar-refractivity contribution in [1.29, 1.82) is 0 Å². The van der Waals surface area contributed by atoms with Gasteiger partial charge in [0.1, 0.15) is 23.9 Å². The highest BCUT2D eigenvalue weighted by Crippen LogP contribution is 2.48. The number of carbonyl (C=O) groups excluding carboxylic acids is 1. The molecule has 1 aromatic heterocycles. The van der Waals surface area contributed by atoms with E-state index in [-0.39, 0.29) is 27.9 Å². The highest BCUT2D eigenvalue weighted by Gasteiger charge is 2.32. The molecule has 0 aliphatic carbocycles. The molecule has 0 saturated carbocycles. The summed E-state index contributed by atoms with van der Waals surface area (Å²) in [5.74, 6) is 0.911. The molecule has 1 amide bonds. The Bertz CT molecular complexity index is 1480. The Hall–Kier alpha value is -3.30. The van der Waals surface area contributed by atoms with Crippen LogP contribution >= 0.6 is 23.2 Å². The van der Waals surface area contributed by atoms with Gasteiger partial charge in [-0.2, -0.15) is 0 Å². The summed E-state index contributed by atoms with van der Waals surface area (Å²) in [5.41, 5.74) is 1.72. The van der Waals surface area contributed by atoms with Gasteiger partial charge < -0.3 is 19.1 Å². The van der Waals surface area contributed by atoms with E-state index >= 15 is 4.39 Å². The number of benzene rings is 2. The summed E-state index contributed by atoms with van der Waals surface area (Å²) in [7, 11) is 1.57. The molecule has 206 valence electrons. The molecule has 0 N–H and O–H groups in total. The normalized spacial score (nSPS) is 15.8. The van der Waals surface area contributed by atoms with Crippen molar-refractivity contribution in [3.8, 4) is 11.5 Å². The average Bonchev–Trinajstić information content (AvgIpc) is 2.89. The van der Waals surface area contributed by atoms with Crippen LogP contribution in [0.5, 0.6) is 11.5 Å². The van der Waals surface area contributed by atoms with Crippen LogP contribution in [-0.2, 0) is 4.74 Å². The van der Waals surface area contributed by atoms with E-state index in [1.54, 1.807) is 35.1 Å². The van der Waals surface area contributed by atoms with Crippen molar-refractivity contribution in [2.24, 2.45) is 0 Å². The molecule has 5 rings (SSSR count). The molecule has 0 unspecified atom stereocenters. The molecule has 0 radical (unpaired) electrons. The lowest BCUT2D eigenvalue weighted by Crippen LogP contribution is -2.44. The number of amides is 1. The summed E-state index contributed by atoms with van der Waals surface area (Å²) in [6, 6.07) is 4.90. The molecule has 2 aromatic carbocycles. The maximum Gasteiger partial charge on any atom is 0.410 e. The van der Waals surface area contributed by atoms with Crippen molar-refractivity contribution < 1.29 is 23.4 Å². The molecule has 0 spiro atoms. The van der Waals surface area contributed by atoms with Gasteiger partial charge in [0.25, 0.3) is 0 Å².